The first-order valence-corrected chi connectivity index (χ1v) is 12.7. The fourth-order valence-electron chi connectivity index (χ4n) is 3.16. The maximum atomic E-state index is 11.8. The Morgan fingerprint density at radius 2 is 0.914 bits per heavy atom. The first-order valence-electron chi connectivity index (χ1n) is 12.7. The lowest BCUT2D eigenvalue weighted by molar-refractivity contribution is -0.146. The van der Waals surface area contributed by atoms with Crippen LogP contribution in [0.15, 0.2) is 0 Å². The van der Waals surface area contributed by atoms with Gasteiger partial charge in [0.15, 0.2) is 0 Å². The van der Waals surface area contributed by atoms with Crippen LogP contribution in [0.3, 0.4) is 0 Å². The van der Waals surface area contributed by atoms with Crippen molar-refractivity contribution < 1.29 is 47.8 Å². The minimum atomic E-state index is -0.169. The number of rotatable bonds is 26. The Balaban J connectivity index is 3.19. The second kappa shape index (κ2) is 24.8. The lowest BCUT2D eigenvalue weighted by atomic mass is 9.84. The quantitative estimate of drug-likeness (QED) is 0.137. The fraction of sp³-hybridized carbons (Fsp3) is 0.960. The van der Waals surface area contributed by atoms with Gasteiger partial charge in [-0.25, -0.2) is 0 Å². The maximum absolute atomic E-state index is 11.8. The number of carbonyl (C=O) groups is 1. The molecule has 0 aromatic carbocycles. The molecule has 0 rings (SSSR count). The first kappa shape index (κ1) is 34.1. The zero-order valence-electron chi connectivity index (χ0n) is 22.4. The lowest BCUT2D eigenvalue weighted by Crippen LogP contribution is -2.18. The molecule has 0 aliphatic rings. The zero-order valence-corrected chi connectivity index (χ0v) is 22.4. The Kier molecular flexibility index (Phi) is 24.2. The Morgan fingerprint density at radius 1 is 0.600 bits per heavy atom. The summed E-state index contributed by atoms with van der Waals surface area (Å²) < 4.78 is 42.7. The first-order chi connectivity index (χ1) is 16.8. The van der Waals surface area contributed by atoms with Crippen molar-refractivity contribution in [1.82, 2.24) is 0 Å². The number of hydrogen-bond donors (Lipinski definition) is 1. The van der Waals surface area contributed by atoms with Crippen molar-refractivity contribution in [3.05, 3.63) is 0 Å². The second-order valence-corrected chi connectivity index (χ2v) is 9.30. The summed E-state index contributed by atoms with van der Waals surface area (Å²) in [6.07, 6.45) is 1.43. The molecular formula is C25H50O10. The van der Waals surface area contributed by atoms with Crippen LogP contribution in [0.4, 0.5) is 0 Å². The Labute approximate surface area is 211 Å². The van der Waals surface area contributed by atoms with Gasteiger partial charge >= 0.3 is 5.97 Å². The highest BCUT2D eigenvalue weighted by molar-refractivity contribution is 5.69. The van der Waals surface area contributed by atoms with Crippen LogP contribution >= 0.6 is 0 Å². The summed E-state index contributed by atoms with van der Waals surface area (Å²) in [5.74, 6) is 0.142. The monoisotopic (exact) mass is 510 g/mol. The Morgan fingerprint density at radius 3 is 1.23 bits per heavy atom. The van der Waals surface area contributed by atoms with Crippen molar-refractivity contribution in [1.29, 1.82) is 0 Å². The smallest absolute Gasteiger partial charge is 0.306 e. The van der Waals surface area contributed by atoms with Crippen LogP contribution in [0.1, 0.15) is 40.5 Å². The molecule has 35 heavy (non-hydrogen) atoms. The van der Waals surface area contributed by atoms with E-state index in [2.05, 4.69) is 27.7 Å². The van der Waals surface area contributed by atoms with Gasteiger partial charge in [0.1, 0.15) is 6.61 Å². The van der Waals surface area contributed by atoms with Gasteiger partial charge in [0.2, 0.25) is 0 Å². The number of carbonyl (C=O) groups excluding carboxylic acids is 1. The summed E-state index contributed by atoms with van der Waals surface area (Å²) in [5.41, 5.74) is 0.215. The predicted molar refractivity (Wildman–Crippen MR) is 132 cm³/mol. The molecule has 0 saturated heterocycles. The molecule has 0 aliphatic carbocycles. The van der Waals surface area contributed by atoms with E-state index in [0.29, 0.717) is 105 Å². The van der Waals surface area contributed by atoms with E-state index in [1.165, 1.54) is 0 Å². The molecule has 0 spiro atoms. The summed E-state index contributed by atoms with van der Waals surface area (Å²) in [5, 5.41) is 8.55. The van der Waals surface area contributed by atoms with E-state index in [-0.39, 0.29) is 24.6 Å². The summed E-state index contributed by atoms with van der Waals surface area (Å²) in [6.45, 7) is 15.4. The molecule has 10 heteroatoms. The van der Waals surface area contributed by atoms with Gasteiger partial charge in [-0.1, -0.05) is 27.7 Å². The van der Waals surface area contributed by atoms with Crippen molar-refractivity contribution >= 4 is 5.97 Å². The van der Waals surface area contributed by atoms with Gasteiger partial charge in [0.05, 0.1) is 99.1 Å². The van der Waals surface area contributed by atoms with Crippen molar-refractivity contribution in [3.8, 4) is 0 Å². The van der Waals surface area contributed by atoms with Gasteiger partial charge in [0, 0.05) is 6.42 Å². The average molecular weight is 511 g/mol. The third-order valence-electron chi connectivity index (χ3n) is 4.43. The van der Waals surface area contributed by atoms with E-state index in [0.717, 1.165) is 6.42 Å². The highest BCUT2D eigenvalue weighted by Gasteiger charge is 2.18. The maximum Gasteiger partial charge on any atom is 0.306 e. The highest BCUT2D eigenvalue weighted by atomic mass is 16.6. The van der Waals surface area contributed by atoms with E-state index < -0.39 is 0 Å². The number of ether oxygens (including phenoxy) is 8. The molecule has 210 valence electrons. The van der Waals surface area contributed by atoms with Crippen LogP contribution in [0.25, 0.3) is 0 Å². The largest absolute Gasteiger partial charge is 0.463 e. The van der Waals surface area contributed by atoms with Crippen molar-refractivity contribution in [2.45, 2.75) is 40.5 Å². The molecular weight excluding hydrogens is 460 g/mol. The third-order valence-corrected chi connectivity index (χ3v) is 4.43. The standard InChI is InChI=1S/C25H50O10/c1-23(22-25(2,3)4)21-24(27)35-20-19-34-18-17-33-16-15-32-14-13-31-12-11-30-10-9-29-8-7-28-6-5-26/h23,26H,5-22H2,1-4H3. The lowest BCUT2D eigenvalue weighted by Gasteiger charge is -2.22. The molecule has 10 nitrogen and oxygen atoms in total. The van der Waals surface area contributed by atoms with Crippen molar-refractivity contribution in [3.63, 3.8) is 0 Å². The number of hydrogen-bond acceptors (Lipinski definition) is 10. The second-order valence-electron chi connectivity index (χ2n) is 9.30. The molecule has 0 radical (unpaired) electrons. The molecule has 0 saturated carbocycles. The zero-order chi connectivity index (χ0) is 26.0. The van der Waals surface area contributed by atoms with Gasteiger partial charge in [-0.3, -0.25) is 4.79 Å². The van der Waals surface area contributed by atoms with Gasteiger partial charge in [-0.2, -0.15) is 0 Å². The van der Waals surface area contributed by atoms with Crippen LogP contribution in [0.2, 0.25) is 0 Å². The summed E-state index contributed by atoms with van der Waals surface area (Å²) >= 11 is 0. The van der Waals surface area contributed by atoms with Gasteiger partial charge < -0.3 is 43.0 Å². The SMILES string of the molecule is CC(CC(=O)OCCOCCOCCOCCOCCOCCOCCOCCO)CC(C)(C)C. The minimum absolute atomic E-state index is 0.0254. The van der Waals surface area contributed by atoms with E-state index in [1.54, 1.807) is 0 Å². The molecule has 0 aliphatic heterocycles. The van der Waals surface area contributed by atoms with Crippen LogP contribution in [-0.2, 0) is 42.7 Å². The summed E-state index contributed by atoms with van der Waals surface area (Å²) in [4.78, 5) is 11.8. The van der Waals surface area contributed by atoms with Gasteiger partial charge in [0.25, 0.3) is 0 Å². The van der Waals surface area contributed by atoms with Gasteiger partial charge in [-0.15, -0.1) is 0 Å². The molecule has 1 atom stereocenters. The Hall–Kier alpha value is -0.850. The van der Waals surface area contributed by atoms with Crippen molar-refractivity contribution in [2.75, 3.05) is 106 Å². The number of aliphatic hydroxyl groups excluding tert-OH is 1. The molecule has 0 heterocycles. The van der Waals surface area contributed by atoms with E-state index in [1.807, 2.05) is 0 Å². The van der Waals surface area contributed by atoms with Crippen LogP contribution in [0.5, 0.6) is 0 Å². The molecule has 0 bridgehead atoms. The Bertz CT molecular complexity index is 456. The third kappa shape index (κ3) is 29.3. The topological polar surface area (TPSA) is 111 Å². The molecule has 0 aromatic heterocycles. The average Bonchev–Trinajstić information content (AvgIpc) is 2.78. The molecule has 1 N–H and O–H groups in total. The molecule has 0 fully saturated rings. The number of esters is 1. The minimum Gasteiger partial charge on any atom is -0.463 e. The fourth-order valence-corrected chi connectivity index (χ4v) is 3.16. The normalized spacial score (nSPS) is 12.7. The van der Waals surface area contributed by atoms with Crippen LogP contribution in [0, 0.1) is 11.3 Å². The highest BCUT2D eigenvalue weighted by Crippen LogP contribution is 2.26. The van der Waals surface area contributed by atoms with E-state index in [9.17, 15) is 4.79 Å². The molecule has 1 unspecified atom stereocenters. The van der Waals surface area contributed by atoms with Crippen LogP contribution in [-0.4, -0.2) is 117 Å². The van der Waals surface area contributed by atoms with E-state index in [4.69, 9.17) is 43.0 Å². The van der Waals surface area contributed by atoms with Gasteiger partial charge in [-0.05, 0) is 17.8 Å². The van der Waals surface area contributed by atoms with Crippen LogP contribution < -0.4 is 0 Å². The summed E-state index contributed by atoms with van der Waals surface area (Å²) in [6, 6.07) is 0. The summed E-state index contributed by atoms with van der Waals surface area (Å²) in [7, 11) is 0. The predicted octanol–water partition coefficient (Wildman–Crippen LogP) is 2.10. The molecule has 0 amide bonds. The van der Waals surface area contributed by atoms with E-state index >= 15 is 0 Å². The van der Waals surface area contributed by atoms with Crippen molar-refractivity contribution in [2.24, 2.45) is 11.3 Å². The molecule has 0 aromatic rings. The number of aliphatic hydroxyl groups is 1.